The second kappa shape index (κ2) is 6.71. The van der Waals surface area contributed by atoms with Gasteiger partial charge in [0.1, 0.15) is 0 Å². The Balaban J connectivity index is 2.34. The maximum atomic E-state index is 6.07. The van der Waals surface area contributed by atoms with Crippen LogP contribution in [0.3, 0.4) is 0 Å². The lowest BCUT2D eigenvalue weighted by molar-refractivity contribution is 0.445. The first-order chi connectivity index (χ1) is 9.26. The zero-order valence-electron chi connectivity index (χ0n) is 11.0. The van der Waals surface area contributed by atoms with Crippen LogP contribution in [0.4, 0.5) is 0 Å². The zero-order chi connectivity index (χ0) is 13.7. The first kappa shape index (κ1) is 14.1. The highest BCUT2D eigenvalue weighted by Crippen LogP contribution is 2.33. The average Bonchev–Trinajstić information content (AvgIpc) is 2.45. The summed E-state index contributed by atoms with van der Waals surface area (Å²) < 4.78 is 0. The second-order valence-corrected chi connectivity index (χ2v) is 5.06. The molecule has 2 nitrogen and oxygen atoms in total. The van der Waals surface area contributed by atoms with Gasteiger partial charge in [-0.15, -0.1) is 0 Å². The maximum absolute atomic E-state index is 6.07. The molecule has 19 heavy (non-hydrogen) atoms. The lowest BCUT2D eigenvalue weighted by atomic mass is 9.85. The van der Waals surface area contributed by atoms with E-state index in [1.54, 1.807) is 0 Å². The number of nitrogens with one attached hydrogen (secondary N) is 1. The highest BCUT2D eigenvalue weighted by atomic mass is 35.5. The number of hydrazine groups is 1. The van der Waals surface area contributed by atoms with Gasteiger partial charge in [0.15, 0.2) is 0 Å². The van der Waals surface area contributed by atoms with Gasteiger partial charge < -0.3 is 0 Å². The van der Waals surface area contributed by atoms with Crippen molar-refractivity contribution in [3.63, 3.8) is 0 Å². The Hall–Kier alpha value is -1.35. The molecule has 0 heterocycles. The standard InChI is InChI=1S/C16H19ClN2/c1-2-15(12-7-4-3-5-8-12)16(19-18)13-9-6-10-14(17)11-13/h3-11,15-16,19H,2,18H2,1H3. The molecule has 0 aliphatic rings. The van der Waals surface area contributed by atoms with Crippen LogP contribution in [0.2, 0.25) is 5.02 Å². The van der Waals surface area contributed by atoms with Gasteiger partial charge in [0.2, 0.25) is 0 Å². The van der Waals surface area contributed by atoms with Gasteiger partial charge in [-0.3, -0.25) is 11.3 Å². The molecule has 100 valence electrons. The number of hydrogen-bond donors (Lipinski definition) is 2. The lowest BCUT2D eigenvalue weighted by Gasteiger charge is -2.26. The number of nitrogens with two attached hydrogens (primary N) is 1. The van der Waals surface area contributed by atoms with E-state index < -0.39 is 0 Å². The van der Waals surface area contributed by atoms with Crippen LogP contribution in [0, 0.1) is 0 Å². The van der Waals surface area contributed by atoms with Crippen LogP contribution in [-0.4, -0.2) is 0 Å². The fourth-order valence-electron chi connectivity index (χ4n) is 2.51. The van der Waals surface area contributed by atoms with Crippen molar-refractivity contribution in [1.29, 1.82) is 0 Å². The quantitative estimate of drug-likeness (QED) is 0.638. The Labute approximate surface area is 119 Å². The summed E-state index contributed by atoms with van der Waals surface area (Å²) in [5, 5.41) is 0.737. The molecule has 2 rings (SSSR count). The predicted octanol–water partition coefficient (Wildman–Crippen LogP) is 4.04. The Kier molecular flexibility index (Phi) is 4.97. The minimum atomic E-state index is 0.0612. The van der Waals surface area contributed by atoms with Crippen molar-refractivity contribution in [2.24, 2.45) is 5.84 Å². The van der Waals surface area contributed by atoms with E-state index in [9.17, 15) is 0 Å². The Morgan fingerprint density at radius 1 is 1.05 bits per heavy atom. The highest BCUT2D eigenvalue weighted by molar-refractivity contribution is 6.30. The third kappa shape index (κ3) is 3.35. The van der Waals surface area contributed by atoms with Crippen LogP contribution in [0.1, 0.15) is 36.4 Å². The topological polar surface area (TPSA) is 38.0 Å². The van der Waals surface area contributed by atoms with Crippen LogP contribution in [0.25, 0.3) is 0 Å². The summed E-state index contributed by atoms with van der Waals surface area (Å²) in [6.07, 6.45) is 1.01. The highest BCUT2D eigenvalue weighted by Gasteiger charge is 2.22. The van der Waals surface area contributed by atoms with Gasteiger partial charge in [0, 0.05) is 10.9 Å². The minimum absolute atomic E-state index is 0.0612. The number of rotatable bonds is 5. The van der Waals surface area contributed by atoms with Crippen molar-refractivity contribution in [3.8, 4) is 0 Å². The summed E-state index contributed by atoms with van der Waals surface area (Å²) in [7, 11) is 0. The summed E-state index contributed by atoms with van der Waals surface area (Å²) >= 11 is 6.07. The molecule has 0 aliphatic carbocycles. The molecule has 0 saturated carbocycles. The average molecular weight is 275 g/mol. The lowest BCUT2D eigenvalue weighted by Crippen LogP contribution is -2.32. The van der Waals surface area contributed by atoms with Crippen molar-refractivity contribution < 1.29 is 0 Å². The minimum Gasteiger partial charge on any atom is -0.271 e. The van der Waals surface area contributed by atoms with E-state index in [1.165, 1.54) is 5.56 Å². The van der Waals surface area contributed by atoms with Crippen molar-refractivity contribution in [3.05, 3.63) is 70.7 Å². The predicted molar refractivity (Wildman–Crippen MR) is 81.0 cm³/mol. The third-order valence-electron chi connectivity index (χ3n) is 3.46. The second-order valence-electron chi connectivity index (χ2n) is 4.62. The number of benzene rings is 2. The molecule has 3 N–H and O–H groups in total. The number of hydrogen-bond acceptors (Lipinski definition) is 2. The van der Waals surface area contributed by atoms with E-state index in [4.69, 9.17) is 17.4 Å². The zero-order valence-corrected chi connectivity index (χ0v) is 11.8. The monoisotopic (exact) mass is 274 g/mol. The first-order valence-corrected chi connectivity index (χ1v) is 6.90. The molecule has 0 radical (unpaired) electrons. The van der Waals surface area contributed by atoms with Crippen LogP contribution in [-0.2, 0) is 0 Å². The third-order valence-corrected chi connectivity index (χ3v) is 3.69. The largest absolute Gasteiger partial charge is 0.271 e. The molecule has 2 aromatic carbocycles. The molecule has 0 aromatic heterocycles. The van der Waals surface area contributed by atoms with Gasteiger partial charge in [0.25, 0.3) is 0 Å². The van der Waals surface area contributed by atoms with Gasteiger partial charge in [-0.25, -0.2) is 0 Å². The van der Waals surface area contributed by atoms with E-state index in [-0.39, 0.29) is 6.04 Å². The van der Waals surface area contributed by atoms with Gasteiger partial charge in [-0.1, -0.05) is 61.0 Å². The summed E-state index contributed by atoms with van der Waals surface area (Å²) in [6, 6.07) is 18.4. The fraction of sp³-hybridized carbons (Fsp3) is 0.250. The van der Waals surface area contributed by atoms with Gasteiger partial charge >= 0.3 is 0 Å². The SMILES string of the molecule is CCC(c1ccccc1)C(NN)c1cccc(Cl)c1. The van der Waals surface area contributed by atoms with E-state index in [1.807, 2.05) is 24.3 Å². The van der Waals surface area contributed by atoms with Crippen LogP contribution < -0.4 is 11.3 Å². The van der Waals surface area contributed by atoms with Crippen molar-refractivity contribution in [2.45, 2.75) is 25.3 Å². The Morgan fingerprint density at radius 2 is 1.74 bits per heavy atom. The van der Waals surface area contributed by atoms with Crippen molar-refractivity contribution >= 4 is 11.6 Å². The molecule has 2 atom stereocenters. The number of halogens is 1. The summed E-state index contributed by atoms with van der Waals surface area (Å²) in [5.74, 6) is 6.10. The molecule has 2 unspecified atom stereocenters. The molecule has 0 amide bonds. The van der Waals surface area contributed by atoms with Gasteiger partial charge in [0.05, 0.1) is 6.04 Å². The molecule has 3 heteroatoms. The first-order valence-electron chi connectivity index (χ1n) is 6.52. The van der Waals surface area contributed by atoms with E-state index in [0.29, 0.717) is 5.92 Å². The van der Waals surface area contributed by atoms with E-state index in [0.717, 1.165) is 17.0 Å². The molecule has 0 bridgehead atoms. The molecule has 0 fully saturated rings. The normalized spacial score (nSPS) is 14.1. The van der Waals surface area contributed by atoms with Crippen molar-refractivity contribution in [1.82, 2.24) is 5.43 Å². The molecule has 0 spiro atoms. The maximum Gasteiger partial charge on any atom is 0.0528 e. The summed E-state index contributed by atoms with van der Waals surface area (Å²) in [5.41, 5.74) is 5.34. The molecule has 0 aliphatic heterocycles. The van der Waals surface area contributed by atoms with E-state index >= 15 is 0 Å². The molecule has 0 saturated heterocycles. The molecular formula is C16H19ClN2. The van der Waals surface area contributed by atoms with E-state index in [2.05, 4.69) is 42.7 Å². The molecule has 2 aromatic rings. The smallest absolute Gasteiger partial charge is 0.0528 e. The van der Waals surface area contributed by atoms with Gasteiger partial charge in [-0.2, -0.15) is 0 Å². The molecular weight excluding hydrogens is 256 g/mol. The summed E-state index contributed by atoms with van der Waals surface area (Å²) in [4.78, 5) is 0. The summed E-state index contributed by atoms with van der Waals surface area (Å²) in [6.45, 7) is 2.17. The van der Waals surface area contributed by atoms with Gasteiger partial charge in [-0.05, 0) is 29.7 Å². The Bertz CT molecular complexity index is 513. The fourth-order valence-corrected chi connectivity index (χ4v) is 2.71. The van der Waals surface area contributed by atoms with Crippen LogP contribution in [0.5, 0.6) is 0 Å². The van der Waals surface area contributed by atoms with Crippen molar-refractivity contribution in [2.75, 3.05) is 0 Å². The Morgan fingerprint density at radius 3 is 2.32 bits per heavy atom. The van der Waals surface area contributed by atoms with Crippen LogP contribution >= 0.6 is 11.6 Å². The van der Waals surface area contributed by atoms with Crippen LogP contribution in [0.15, 0.2) is 54.6 Å².